The lowest BCUT2D eigenvalue weighted by atomic mass is 9.93. The van der Waals surface area contributed by atoms with Crippen LogP contribution in [0.15, 0.2) is 48.2 Å². The second-order valence-corrected chi connectivity index (χ2v) is 15.6. The second kappa shape index (κ2) is 10.8. The highest BCUT2D eigenvalue weighted by atomic mass is 32.3. The molecule has 0 bridgehead atoms. The van der Waals surface area contributed by atoms with E-state index in [0.717, 1.165) is 44.2 Å². The van der Waals surface area contributed by atoms with Gasteiger partial charge in [-0.2, -0.15) is 8.97 Å². The molecule has 1 atom stereocenters. The number of rotatable bonds is 10. The number of carbonyl (C=O) groups is 1. The van der Waals surface area contributed by atoms with E-state index in [-0.39, 0.29) is 29.5 Å². The number of nitriles is 1. The second-order valence-electron chi connectivity index (χ2n) is 11.9. The van der Waals surface area contributed by atoms with Crippen LogP contribution in [0.5, 0.6) is 0 Å². The van der Waals surface area contributed by atoms with Crippen LogP contribution in [0.2, 0.25) is 0 Å². The van der Waals surface area contributed by atoms with Crippen LogP contribution in [-0.4, -0.2) is 58.3 Å². The van der Waals surface area contributed by atoms with E-state index in [1.807, 2.05) is 6.92 Å². The fraction of sp³-hybridized carbons (Fsp3) is 0.452. The van der Waals surface area contributed by atoms with E-state index >= 15 is 0 Å². The highest BCUT2D eigenvalue weighted by Crippen LogP contribution is 2.48. The van der Waals surface area contributed by atoms with E-state index in [2.05, 4.69) is 29.0 Å². The molecule has 1 saturated heterocycles. The van der Waals surface area contributed by atoms with Gasteiger partial charge in [-0.3, -0.25) is 4.79 Å². The third-order valence-corrected chi connectivity index (χ3v) is 12.3. The van der Waals surface area contributed by atoms with Crippen molar-refractivity contribution in [2.24, 2.45) is 11.8 Å². The SMILES string of the molecule is C=CS(=O)(=O)N(c1cccc(-c2c(C3CC3)nc(N3CCN(C(=O)C4CC4)C(C4CC4)C3)c(C#N)c2C)c1)S(=O)(=O)C=C. The Bertz CT molecular complexity index is 1730. The van der Waals surface area contributed by atoms with Crippen molar-refractivity contribution in [3.63, 3.8) is 0 Å². The molecule has 43 heavy (non-hydrogen) atoms. The topological polar surface area (TPSA) is 132 Å². The number of hydrogen-bond acceptors (Lipinski definition) is 8. The molecule has 1 aromatic heterocycles. The zero-order valence-electron chi connectivity index (χ0n) is 24.1. The van der Waals surface area contributed by atoms with Gasteiger partial charge in [-0.15, -0.1) is 0 Å². The molecule has 10 nitrogen and oxygen atoms in total. The van der Waals surface area contributed by atoms with Crippen molar-refractivity contribution in [3.8, 4) is 17.2 Å². The van der Waals surface area contributed by atoms with Gasteiger partial charge >= 0.3 is 0 Å². The number of amides is 1. The van der Waals surface area contributed by atoms with Crippen LogP contribution in [0, 0.1) is 30.1 Å². The van der Waals surface area contributed by atoms with Gasteiger partial charge in [-0.25, -0.2) is 21.8 Å². The van der Waals surface area contributed by atoms with Crippen molar-refractivity contribution >= 4 is 37.5 Å². The van der Waals surface area contributed by atoms with Crippen LogP contribution >= 0.6 is 0 Å². The number of nitrogens with zero attached hydrogens (tertiary/aromatic N) is 5. The van der Waals surface area contributed by atoms with Crippen molar-refractivity contribution in [1.82, 2.24) is 9.88 Å². The summed E-state index contributed by atoms with van der Waals surface area (Å²) in [6.07, 6.45) is 6.02. The standard InChI is InChI=1S/C31H35N5O5S2/c1-4-42(38,39)36(43(40,41)5-2)25-8-6-7-24(17-25)28-20(3)26(18-32)30(33-29(28)22-11-12-22)34-15-16-35(31(37)23-13-14-23)27(19-34)21-9-10-21/h4-8,17,21-23,27H,1-2,9-16,19H2,3H3. The van der Waals surface area contributed by atoms with Gasteiger partial charge in [0, 0.05) is 47.8 Å². The molecule has 226 valence electrons. The molecule has 0 spiro atoms. The number of carbonyl (C=O) groups excluding carboxylic acids is 1. The number of benzene rings is 1. The number of aromatic nitrogens is 1. The highest BCUT2D eigenvalue weighted by Gasteiger charge is 2.45. The lowest BCUT2D eigenvalue weighted by molar-refractivity contribution is -0.135. The summed E-state index contributed by atoms with van der Waals surface area (Å²) in [4.78, 5) is 22.4. The van der Waals surface area contributed by atoms with Gasteiger partial charge in [-0.05, 0) is 74.6 Å². The molecule has 2 heterocycles. The minimum atomic E-state index is -4.42. The molecular formula is C31H35N5O5S2. The Labute approximate surface area is 253 Å². The van der Waals surface area contributed by atoms with Crippen LogP contribution in [0.25, 0.3) is 11.1 Å². The summed E-state index contributed by atoms with van der Waals surface area (Å²) in [6, 6.07) is 8.72. The summed E-state index contributed by atoms with van der Waals surface area (Å²) in [6.45, 7) is 10.3. The Kier molecular flexibility index (Phi) is 7.37. The molecule has 3 saturated carbocycles. The molecule has 1 unspecified atom stereocenters. The van der Waals surface area contributed by atoms with Gasteiger partial charge in [-0.1, -0.05) is 25.3 Å². The molecule has 1 amide bonds. The number of piperazine rings is 1. The Morgan fingerprint density at radius 3 is 2.28 bits per heavy atom. The quantitative estimate of drug-likeness (QED) is 0.382. The van der Waals surface area contributed by atoms with E-state index < -0.39 is 20.0 Å². The van der Waals surface area contributed by atoms with Gasteiger partial charge < -0.3 is 9.80 Å². The molecule has 1 aliphatic heterocycles. The van der Waals surface area contributed by atoms with Crippen molar-refractivity contribution in [2.75, 3.05) is 28.2 Å². The fourth-order valence-corrected chi connectivity index (χ4v) is 8.77. The van der Waals surface area contributed by atoms with Gasteiger partial charge in [0.2, 0.25) is 5.91 Å². The van der Waals surface area contributed by atoms with E-state index in [1.54, 1.807) is 12.1 Å². The fourth-order valence-electron chi connectivity index (χ4n) is 6.16. The molecule has 2 aromatic rings. The summed E-state index contributed by atoms with van der Waals surface area (Å²) >= 11 is 0. The number of anilines is 2. The minimum Gasteiger partial charge on any atom is -0.352 e. The van der Waals surface area contributed by atoms with E-state index in [0.29, 0.717) is 68.2 Å². The van der Waals surface area contributed by atoms with Crippen molar-refractivity contribution in [2.45, 2.75) is 57.4 Å². The van der Waals surface area contributed by atoms with Crippen LogP contribution in [0.3, 0.4) is 0 Å². The molecule has 0 radical (unpaired) electrons. The minimum absolute atomic E-state index is 0.0928. The molecule has 0 N–H and O–H groups in total. The van der Waals surface area contributed by atoms with Crippen LogP contribution in [0.1, 0.15) is 61.3 Å². The lowest BCUT2D eigenvalue weighted by Crippen LogP contribution is -2.57. The lowest BCUT2D eigenvalue weighted by Gasteiger charge is -2.43. The van der Waals surface area contributed by atoms with Gasteiger partial charge in [0.1, 0.15) is 11.9 Å². The first kappa shape index (κ1) is 29.4. The molecule has 12 heteroatoms. The van der Waals surface area contributed by atoms with Gasteiger partial charge in [0.05, 0.1) is 23.0 Å². The predicted molar refractivity (Wildman–Crippen MR) is 165 cm³/mol. The zero-order valence-corrected chi connectivity index (χ0v) is 25.8. The summed E-state index contributed by atoms with van der Waals surface area (Å²) in [5, 5.41) is 11.6. The average Bonchev–Trinajstić information content (AvgIpc) is 3.84. The van der Waals surface area contributed by atoms with Crippen molar-refractivity contribution in [3.05, 3.63) is 65.1 Å². The monoisotopic (exact) mass is 621 g/mol. The first-order chi connectivity index (χ1) is 20.5. The molecule has 1 aromatic carbocycles. The molecule has 4 fully saturated rings. The Morgan fingerprint density at radius 2 is 1.72 bits per heavy atom. The summed E-state index contributed by atoms with van der Waals surface area (Å²) in [7, 11) is -8.85. The molecule has 4 aliphatic rings. The maximum absolute atomic E-state index is 13.1. The Balaban J connectivity index is 1.42. The highest BCUT2D eigenvalue weighted by molar-refractivity contribution is 8.12. The first-order valence-electron chi connectivity index (χ1n) is 14.7. The maximum Gasteiger partial charge on any atom is 0.270 e. The largest absolute Gasteiger partial charge is 0.352 e. The van der Waals surface area contributed by atoms with Crippen LogP contribution in [0.4, 0.5) is 11.5 Å². The first-order valence-corrected chi connectivity index (χ1v) is 17.7. The zero-order chi connectivity index (χ0) is 30.7. The number of hydrogen-bond donors (Lipinski definition) is 0. The Hall–Kier alpha value is -3.69. The van der Waals surface area contributed by atoms with E-state index in [1.165, 1.54) is 12.1 Å². The van der Waals surface area contributed by atoms with Gasteiger partial charge in [0.25, 0.3) is 20.0 Å². The average molecular weight is 622 g/mol. The third-order valence-electron chi connectivity index (χ3n) is 8.86. The van der Waals surface area contributed by atoms with Crippen molar-refractivity contribution in [1.29, 1.82) is 5.26 Å². The van der Waals surface area contributed by atoms with Crippen LogP contribution in [-0.2, 0) is 24.8 Å². The van der Waals surface area contributed by atoms with E-state index in [9.17, 15) is 26.9 Å². The number of sulfonamides is 2. The predicted octanol–water partition coefficient (Wildman–Crippen LogP) is 4.40. The molecule has 3 aliphatic carbocycles. The maximum atomic E-state index is 13.1. The van der Waals surface area contributed by atoms with Crippen LogP contribution < -0.4 is 8.61 Å². The number of pyridine rings is 1. The summed E-state index contributed by atoms with van der Waals surface area (Å²) < 4.78 is 51.5. The van der Waals surface area contributed by atoms with Gasteiger partial charge in [0.15, 0.2) is 0 Å². The third kappa shape index (κ3) is 5.45. The molecule has 6 rings (SSSR count). The smallest absolute Gasteiger partial charge is 0.270 e. The summed E-state index contributed by atoms with van der Waals surface area (Å²) in [5.41, 5.74) is 3.12. The normalized spacial score (nSPS) is 20.8. The van der Waals surface area contributed by atoms with E-state index in [4.69, 9.17) is 4.98 Å². The molecular weight excluding hydrogens is 587 g/mol. The summed E-state index contributed by atoms with van der Waals surface area (Å²) in [5.74, 6) is 1.70. The van der Waals surface area contributed by atoms with Crippen molar-refractivity contribution < 1.29 is 21.6 Å². The Morgan fingerprint density at radius 1 is 1.05 bits per heavy atom.